The Morgan fingerprint density at radius 3 is 2.29 bits per heavy atom. The first-order chi connectivity index (χ1) is 14.2. The highest BCUT2D eigenvalue weighted by molar-refractivity contribution is 5.76. The Kier molecular flexibility index (Phi) is 7.25. The lowest BCUT2D eigenvalue weighted by Crippen LogP contribution is -2.38. The van der Waals surface area contributed by atoms with Gasteiger partial charge in [-0.3, -0.25) is 4.99 Å². The van der Waals surface area contributed by atoms with E-state index in [9.17, 15) is 0 Å². The fourth-order valence-corrected chi connectivity index (χ4v) is 4.13. The Hall–Kier alpha value is -2.35. The topological polar surface area (TPSA) is 15.6 Å². The molecule has 1 aromatic carbocycles. The van der Waals surface area contributed by atoms with Gasteiger partial charge in [-0.2, -0.15) is 0 Å². The van der Waals surface area contributed by atoms with Crippen LogP contribution in [0.15, 0.2) is 71.2 Å². The maximum Gasteiger partial charge on any atom is 0.0502 e. The summed E-state index contributed by atoms with van der Waals surface area (Å²) in [6.07, 6.45) is 11.4. The molecule has 2 nitrogen and oxygen atoms in total. The van der Waals surface area contributed by atoms with Crippen molar-refractivity contribution in [2.24, 2.45) is 10.4 Å². The van der Waals surface area contributed by atoms with E-state index in [2.05, 4.69) is 109 Å². The molecule has 2 rings (SSSR count). The number of fused-ring (bicyclic) bond motifs is 1. The van der Waals surface area contributed by atoms with Crippen LogP contribution < -0.4 is 4.90 Å². The van der Waals surface area contributed by atoms with Crippen LogP contribution in [0.25, 0.3) is 0 Å². The third-order valence-electron chi connectivity index (χ3n) is 5.73. The Bertz CT molecular complexity index is 938. The summed E-state index contributed by atoms with van der Waals surface area (Å²) in [7, 11) is 0. The Morgan fingerprint density at radius 2 is 1.77 bits per heavy atom. The molecule has 1 aliphatic rings. The number of hydrogen-bond donors (Lipinski definition) is 0. The molecule has 0 N–H and O–H groups in total. The van der Waals surface area contributed by atoms with Gasteiger partial charge in [-0.25, -0.2) is 0 Å². The van der Waals surface area contributed by atoms with Crippen molar-refractivity contribution in [3.8, 4) is 0 Å². The zero-order valence-electron chi connectivity index (χ0n) is 21.4. The highest BCUT2D eigenvalue weighted by atomic mass is 15.2. The summed E-state index contributed by atoms with van der Waals surface area (Å²) < 4.78 is 0. The van der Waals surface area contributed by atoms with Crippen molar-refractivity contribution in [1.82, 2.24) is 0 Å². The maximum absolute atomic E-state index is 4.44. The summed E-state index contributed by atoms with van der Waals surface area (Å²) in [5.74, 6) is 0. The number of rotatable bonds is 4. The Balaban J connectivity index is 2.91. The normalized spacial score (nSPS) is 19.6. The molecule has 0 saturated heterocycles. The van der Waals surface area contributed by atoms with Crippen molar-refractivity contribution in [3.63, 3.8) is 0 Å². The van der Waals surface area contributed by atoms with Gasteiger partial charge in [0.05, 0.1) is 5.69 Å². The van der Waals surface area contributed by atoms with E-state index in [1.165, 1.54) is 28.1 Å². The van der Waals surface area contributed by atoms with Crippen LogP contribution >= 0.6 is 0 Å². The smallest absolute Gasteiger partial charge is 0.0502 e. The second-order valence-electron chi connectivity index (χ2n) is 11.1. The fourth-order valence-electron chi connectivity index (χ4n) is 4.13. The number of nitrogens with zero attached hydrogens (tertiary/aromatic N) is 2. The van der Waals surface area contributed by atoms with E-state index in [0.29, 0.717) is 0 Å². The quantitative estimate of drug-likeness (QED) is 0.353. The van der Waals surface area contributed by atoms with Gasteiger partial charge in [-0.05, 0) is 53.0 Å². The van der Waals surface area contributed by atoms with Gasteiger partial charge in [-0.1, -0.05) is 93.2 Å². The van der Waals surface area contributed by atoms with Crippen LogP contribution in [0.1, 0.15) is 86.8 Å². The van der Waals surface area contributed by atoms with Gasteiger partial charge in [0.25, 0.3) is 0 Å². The lowest BCUT2D eigenvalue weighted by molar-refractivity contribution is 0.529. The molecule has 0 aliphatic carbocycles. The van der Waals surface area contributed by atoms with Crippen molar-refractivity contribution in [1.29, 1.82) is 0 Å². The van der Waals surface area contributed by atoms with Crippen LogP contribution in [0.4, 0.5) is 5.69 Å². The van der Waals surface area contributed by atoms with Crippen LogP contribution in [0.2, 0.25) is 0 Å². The predicted molar refractivity (Wildman–Crippen MR) is 139 cm³/mol. The van der Waals surface area contributed by atoms with E-state index in [0.717, 1.165) is 12.1 Å². The van der Waals surface area contributed by atoms with E-state index in [1.54, 1.807) is 6.21 Å². The number of hydrogen-bond acceptors (Lipinski definition) is 2. The van der Waals surface area contributed by atoms with E-state index in [-0.39, 0.29) is 16.2 Å². The van der Waals surface area contributed by atoms with Crippen molar-refractivity contribution in [2.75, 3.05) is 4.90 Å². The molecular weight excluding hydrogens is 376 g/mol. The first-order valence-corrected chi connectivity index (χ1v) is 11.5. The van der Waals surface area contributed by atoms with Gasteiger partial charge in [0.2, 0.25) is 0 Å². The number of aliphatic imine (C=N–C) groups is 1. The summed E-state index contributed by atoms with van der Waals surface area (Å²) in [4.78, 5) is 6.59. The average molecular weight is 419 g/mol. The molecule has 0 bridgehead atoms. The maximum atomic E-state index is 4.44. The van der Waals surface area contributed by atoms with Crippen LogP contribution in [0.5, 0.6) is 0 Å². The van der Waals surface area contributed by atoms with Gasteiger partial charge >= 0.3 is 0 Å². The number of allylic oxidation sites excluding steroid dienone is 4. The standard InChI is InChI=1S/C29H42N2/c1-12-14-23-26(20-27(4,5)6)31(21(3)17-18-30-13-2)25-16-15-22(28(7,8)9)19-24(25)29(23,10)11/h13-20H,3,12H2,1-2,4-11H3/b18-17-,23-14+,26-20+,30-13?. The molecule has 168 valence electrons. The summed E-state index contributed by atoms with van der Waals surface area (Å²) >= 11 is 0. The minimum absolute atomic E-state index is 0.0327. The molecule has 0 saturated carbocycles. The van der Waals surface area contributed by atoms with Gasteiger partial charge in [-0.15, -0.1) is 0 Å². The summed E-state index contributed by atoms with van der Waals surface area (Å²) in [6.45, 7) is 26.9. The Morgan fingerprint density at radius 1 is 1.13 bits per heavy atom. The van der Waals surface area contributed by atoms with Crippen molar-refractivity contribution in [3.05, 3.63) is 77.3 Å². The molecule has 2 heteroatoms. The minimum atomic E-state index is -0.105. The largest absolute Gasteiger partial charge is 0.311 e. The zero-order chi connectivity index (χ0) is 23.6. The molecule has 1 aromatic rings. The number of benzene rings is 1. The highest BCUT2D eigenvalue weighted by Crippen LogP contribution is 2.51. The lowest BCUT2D eigenvalue weighted by Gasteiger charge is -2.46. The SMILES string of the molecule is C=C(/C=C\N=CC)N1C(=C/C(C)(C)C)/C(=C\CC)C(C)(C)c2cc(C(C)(C)C)ccc21. The van der Waals surface area contributed by atoms with Crippen molar-refractivity contribution >= 4 is 11.9 Å². The van der Waals surface area contributed by atoms with E-state index >= 15 is 0 Å². The van der Waals surface area contributed by atoms with E-state index in [4.69, 9.17) is 0 Å². The van der Waals surface area contributed by atoms with Crippen molar-refractivity contribution in [2.45, 2.75) is 86.5 Å². The highest BCUT2D eigenvalue weighted by Gasteiger charge is 2.40. The van der Waals surface area contributed by atoms with Gasteiger partial charge < -0.3 is 4.90 Å². The first-order valence-electron chi connectivity index (χ1n) is 11.5. The molecule has 0 unspecified atom stereocenters. The molecule has 1 heterocycles. The zero-order valence-corrected chi connectivity index (χ0v) is 21.4. The van der Waals surface area contributed by atoms with Gasteiger partial charge in [0.15, 0.2) is 0 Å². The predicted octanol–water partition coefficient (Wildman–Crippen LogP) is 8.47. The minimum Gasteiger partial charge on any atom is -0.311 e. The molecule has 0 spiro atoms. The van der Waals surface area contributed by atoms with Gasteiger partial charge in [0, 0.05) is 29.2 Å². The second-order valence-corrected chi connectivity index (χ2v) is 11.1. The van der Waals surface area contributed by atoms with E-state index in [1.807, 2.05) is 19.2 Å². The van der Waals surface area contributed by atoms with Crippen LogP contribution in [0, 0.1) is 5.41 Å². The summed E-state index contributed by atoms with van der Waals surface area (Å²) in [5.41, 5.74) is 7.44. The average Bonchev–Trinajstić information content (AvgIpc) is 2.63. The molecular formula is C29H42N2. The van der Waals surface area contributed by atoms with Gasteiger partial charge in [0.1, 0.15) is 0 Å². The molecule has 0 atom stereocenters. The monoisotopic (exact) mass is 418 g/mol. The molecule has 0 aromatic heterocycles. The lowest BCUT2D eigenvalue weighted by atomic mass is 9.69. The van der Waals surface area contributed by atoms with Crippen LogP contribution in [-0.4, -0.2) is 6.21 Å². The third-order valence-corrected chi connectivity index (χ3v) is 5.73. The molecule has 0 amide bonds. The number of anilines is 1. The fraction of sp³-hybridized carbons (Fsp3) is 0.483. The van der Waals surface area contributed by atoms with Crippen LogP contribution in [-0.2, 0) is 10.8 Å². The first kappa shape index (κ1) is 24.9. The summed E-state index contributed by atoms with van der Waals surface area (Å²) in [5, 5.41) is 0. The molecule has 31 heavy (non-hydrogen) atoms. The second kappa shape index (κ2) is 9.02. The molecule has 0 fully saturated rings. The van der Waals surface area contributed by atoms with Crippen molar-refractivity contribution < 1.29 is 0 Å². The summed E-state index contributed by atoms with van der Waals surface area (Å²) in [6, 6.07) is 6.95. The third kappa shape index (κ3) is 5.47. The van der Waals surface area contributed by atoms with Crippen LogP contribution in [0.3, 0.4) is 0 Å². The van der Waals surface area contributed by atoms with E-state index < -0.39 is 0 Å². The Labute approximate surface area is 191 Å². The molecule has 1 aliphatic heterocycles. The molecule has 0 radical (unpaired) electrons.